The molecule has 2 amide bonds. The van der Waals surface area contributed by atoms with Crippen molar-refractivity contribution in [3.63, 3.8) is 0 Å². The van der Waals surface area contributed by atoms with Gasteiger partial charge in [-0.2, -0.15) is 0 Å². The average molecular weight is 439 g/mol. The van der Waals surface area contributed by atoms with E-state index >= 15 is 0 Å². The molecule has 0 bridgehead atoms. The van der Waals surface area contributed by atoms with Gasteiger partial charge in [-0.15, -0.1) is 11.8 Å². The molecular weight excluding hydrogens is 415 g/mol. The molecule has 0 aliphatic heterocycles. The van der Waals surface area contributed by atoms with E-state index in [0.717, 1.165) is 5.56 Å². The number of amides is 2. The number of nitrogens with one attached hydrogen (secondary N) is 1. The normalized spacial score (nSPS) is 11.6. The summed E-state index contributed by atoms with van der Waals surface area (Å²) in [5.74, 6) is 0.211. The molecule has 1 atom stereocenters. The summed E-state index contributed by atoms with van der Waals surface area (Å²) in [6.45, 7) is 1.96. The van der Waals surface area contributed by atoms with Gasteiger partial charge in [0.2, 0.25) is 11.8 Å². The van der Waals surface area contributed by atoms with Crippen molar-refractivity contribution in [1.29, 1.82) is 0 Å². The Balaban J connectivity index is 2.08. The summed E-state index contributed by atoms with van der Waals surface area (Å²) in [5.41, 5.74) is 1.24. The van der Waals surface area contributed by atoms with Crippen molar-refractivity contribution in [3.8, 4) is 5.75 Å². The minimum atomic E-state index is -0.646. The SMILES string of the molecule is CNC(=O)[C@@H](C)N(Cc1ccc(OC)cc1)C(=O)CSCc1c(F)cccc1Cl. The number of methoxy groups -OCH3 is 1. The van der Waals surface area contributed by atoms with Crippen LogP contribution in [0.1, 0.15) is 18.1 Å². The lowest BCUT2D eigenvalue weighted by atomic mass is 10.1. The maximum Gasteiger partial charge on any atom is 0.242 e. The van der Waals surface area contributed by atoms with E-state index < -0.39 is 11.9 Å². The Kier molecular flexibility index (Phi) is 8.79. The van der Waals surface area contributed by atoms with Crippen LogP contribution in [0.15, 0.2) is 42.5 Å². The smallest absolute Gasteiger partial charge is 0.242 e. The van der Waals surface area contributed by atoms with Crippen molar-refractivity contribution in [3.05, 3.63) is 64.4 Å². The number of carbonyl (C=O) groups excluding carboxylic acids is 2. The summed E-state index contributed by atoms with van der Waals surface area (Å²) in [4.78, 5) is 26.5. The molecule has 1 N–H and O–H groups in total. The molecule has 0 aromatic heterocycles. The first kappa shape index (κ1) is 23.0. The van der Waals surface area contributed by atoms with Crippen LogP contribution < -0.4 is 10.1 Å². The molecule has 156 valence electrons. The number of hydrogen-bond acceptors (Lipinski definition) is 4. The lowest BCUT2D eigenvalue weighted by Gasteiger charge is -2.28. The molecule has 0 heterocycles. The maximum absolute atomic E-state index is 13.9. The number of hydrogen-bond donors (Lipinski definition) is 1. The molecule has 5 nitrogen and oxygen atoms in total. The lowest BCUT2D eigenvalue weighted by Crippen LogP contribution is -2.47. The van der Waals surface area contributed by atoms with Crippen LogP contribution in [0.3, 0.4) is 0 Å². The van der Waals surface area contributed by atoms with Crippen LogP contribution in [0.2, 0.25) is 5.02 Å². The Hall–Kier alpha value is -2.25. The Bertz CT molecular complexity index is 828. The van der Waals surface area contributed by atoms with Crippen molar-refractivity contribution >= 4 is 35.2 Å². The molecule has 8 heteroatoms. The zero-order valence-electron chi connectivity index (χ0n) is 16.6. The summed E-state index contributed by atoms with van der Waals surface area (Å²) in [5, 5.41) is 2.91. The molecule has 0 aliphatic rings. The molecule has 0 saturated heterocycles. The molecule has 0 radical (unpaired) electrons. The predicted molar refractivity (Wildman–Crippen MR) is 115 cm³/mol. The maximum atomic E-state index is 13.9. The third-order valence-electron chi connectivity index (χ3n) is 4.46. The Morgan fingerprint density at radius 1 is 1.24 bits per heavy atom. The van der Waals surface area contributed by atoms with Gasteiger partial charge >= 0.3 is 0 Å². The van der Waals surface area contributed by atoms with Gasteiger partial charge in [0, 0.05) is 29.9 Å². The summed E-state index contributed by atoms with van der Waals surface area (Å²) in [7, 11) is 3.11. The predicted octanol–water partition coefficient (Wildman–Crippen LogP) is 3.88. The average Bonchev–Trinajstić information content (AvgIpc) is 2.73. The fraction of sp³-hybridized carbons (Fsp3) is 0.333. The zero-order chi connectivity index (χ0) is 21.4. The van der Waals surface area contributed by atoms with Gasteiger partial charge in [-0.1, -0.05) is 29.8 Å². The zero-order valence-corrected chi connectivity index (χ0v) is 18.1. The van der Waals surface area contributed by atoms with E-state index in [9.17, 15) is 14.0 Å². The van der Waals surface area contributed by atoms with Gasteiger partial charge in [0.05, 0.1) is 12.9 Å². The fourth-order valence-corrected chi connectivity index (χ4v) is 3.96. The number of benzene rings is 2. The summed E-state index contributed by atoms with van der Waals surface area (Å²) in [6.07, 6.45) is 0. The van der Waals surface area contributed by atoms with Gasteiger partial charge in [-0.3, -0.25) is 9.59 Å². The van der Waals surface area contributed by atoms with Crippen LogP contribution >= 0.6 is 23.4 Å². The molecule has 29 heavy (non-hydrogen) atoms. The first-order valence-electron chi connectivity index (χ1n) is 9.02. The molecule has 0 saturated carbocycles. The second-order valence-corrected chi connectivity index (χ2v) is 7.75. The van der Waals surface area contributed by atoms with Gasteiger partial charge in [-0.05, 0) is 36.8 Å². The molecule has 0 aliphatic carbocycles. The first-order valence-corrected chi connectivity index (χ1v) is 10.5. The van der Waals surface area contributed by atoms with Crippen molar-refractivity contribution in [2.24, 2.45) is 0 Å². The van der Waals surface area contributed by atoms with Gasteiger partial charge < -0.3 is 15.0 Å². The monoisotopic (exact) mass is 438 g/mol. The van der Waals surface area contributed by atoms with E-state index in [1.165, 1.54) is 29.8 Å². The van der Waals surface area contributed by atoms with Crippen molar-refractivity contribution in [2.75, 3.05) is 19.9 Å². The standard InChI is InChI=1S/C21H24ClFN2O3S/c1-14(21(27)24-2)25(11-15-7-9-16(28-3)10-8-15)20(26)13-29-12-17-18(22)5-4-6-19(17)23/h4-10,14H,11-13H2,1-3H3,(H,24,27)/t14-/m1/s1. The van der Waals surface area contributed by atoms with E-state index in [0.29, 0.717) is 16.3 Å². The molecule has 0 unspecified atom stereocenters. The molecule has 2 aromatic rings. The van der Waals surface area contributed by atoms with E-state index in [-0.39, 0.29) is 29.9 Å². The van der Waals surface area contributed by atoms with Gasteiger partial charge in [0.1, 0.15) is 17.6 Å². The highest BCUT2D eigenvalue weighted by atomic mass is 35.5. The lowest BCUT2D eigenvalue weighted by molar-refractivity contribution is -0.138. The highest BCUT2D eigenvalue weighted by Gasteiger charge is 2.25. The molecular formula is C21H24ClFN2O3S. The number of nitrogens with zero attached hydrogens (tertiary/aromatic N) is 1. The number of ether oxygens (including phenoxy) is 1. The fourth-order valence-electron chi connectivity index (χ4n) is 2.71. The van der Waals surface area contributed by atoms with Crippen molar-refractivity contribution < 1.29 is 18.7 Å². The van der Waals surface area contributed by atoms with Crippen molar-refractivity contribution in [1.82, 2.24) is 10.2 Å². The molecule has 0 fully saturated rings. The third-order valence-corrected chi connectivity index (χ3v) is 5.76. The topological polar surface area (TPSA) is 58.6 Å². The van der Waals surface area contributed by atoms with Crippen LogP contribution in [-0.4, -0.2) is 42.7 Å². The second-order valence-electron chi connectivity index (χ2n) is 6.35. The largest absolute Gasteiger partial charge is 0.497 e. The molecule has 0 spiro atoms. The molecule has 2 rings (SSSR count). The minimum absolute atomic E-state index is 0.0994. The summed E-state index contributed by atoms with van der Waals surface area (Å²) < 4.78 is 19.1. The van der Waals surface area contributed by atoms with Crippen LogP contribution in [0.4, 0.5) is 4.39 Å². The number of likely N-dealkylation sites (N-methyl/N-ethyl adjacent to an activating group) is 1. The summed E-state index contributed by atoms with van der Waals surface area (Å²) >= 11 is 7.30. The minimum Gasteiger partial charge on any atom is -0.497 e. The number of halogens is 2. The number of rotatable bonds is 9. The number of thioether (sulfide) groups is 1. The Morgan fingerprint density at radius 2 is 1.93 bits per heavy atom. The Labute approximate surface area is 179 Å². The van der Waals surface area contributed by atoms with Gasteiger partial charge in [-0.25, -0.2) is 4.39 Å². The van der Waals surface area contributed by atoms with E-state index in [1.807, 2.05) is 12.1 Å². The van der Waals surface area contributed by atoms with Gasteiger partial charge in [0.25, 0.3) is 0 Å². The van der Waals surface area contributed by atoms with Crippen molar-refractivity contribution in [2.45, 2.75) is 25.3 Å². The van der Waals surface area contributed by atoms with Crippen LogP contribution in [0, 0.1) is 5.82 Å². The summed E-state index contributed by atoms with van der Waals surface area (Å²) in [6, 6.07) is 11.2. The van der Waals surface area contributed by atoms with Crippen LogP contribution in [0.5, 0.6) is 5.75 Å². The van der Waals surface area contributed by atoms with E-state index in [1.54, 1.807) is 38.3 Å². The highest BCUT2D eigenvalue weighted by Crippen LogP contribution is 2.24. The molecule has 2 aromatic carbocycles. The number of carbonyl (C=O) groups is 2. The Morgan fingerprint density at radius 3 is 2.52 bits per heavy atom. The van der Waals surface area contributed by atoms with E-state index in [2.05, 4.69) is 5.32 Å². The third kappa shape index (κ3) is 6.37. The second kappa shape index (κ2) is 11.1. The van der Waals surface area contributed by atoms with Gasteiger partial charge in [0.15, 0.2) is 0 Å². The first-order chi connectivity index (χ1) is 13.9. The van der Waals surface area contributed by atoms with E-state index in [4.69, 9.17) is 16.3 Å². The quantitative estimate of drug-likeness (QED) is 0.645. The highest BCUT2D eigenvalue weighted by molar-refractivity contribution is 7.99. The van der Waals surface area contributed by atoms with Crippen LogP contribution in [0.25, 0.3) is 0 Å². The van der Waals surface area contributed by atoms with Crippen LogP contribution in [-0.2, 0) is 21.9 Å².